The third-order valence-electron chi connectivity index (χ3n) is 3.49. The minimum atomic E-state index is -4.48. The van der Waals surface area contributed by atoms with Crippen LogP contribution in [-0.2, 0) is 11.0 Å². The number of alkyl halides is 3. The molecule has 1 aromatic heterocycles. The van der Waals surface area contributed by atoms with Crippen molar-refractivity contribution in [1.82, 2.24) is 9.88 Å². The largest absolute Gasteiger partial charge is 0.480 e. The van der Waals surface area contributed by atoms with Crippen molar-refractivity contribution in [3.05, 3.63) is 53.7 Å². The highest BCUT2D eigenvalue weighted by Crippen LogP contribution is 2.30. The van der Waals surface area contributed by atoms with E-state index < -0.39 is 30.2 Å². The second kappa shape index (κ2) is 8.52. The molecule has 2 rings (SSSR count). The van der Waals surface area contributed by atoms with Crippen molar-refractivity contribution >= 4 is 11.9 Å². The van der Waals surface area contributed by atoms with Crippen LogP contribution in [0.4, 0.5) is 13.2 Å². The highest BCUT2D eigenvalue weighted by Gasteiger charge is 2.30. The predicted molar refractivity (Wildman–Crippen MR) is 89.6 cm³/mol. The minimum absolute atomic E-state index is 0.0273. The molecule has 0 spiro atoms. The quantitative estimate of drug-likeness (QED) is 0.787. The van der Waals surface area contributed by atoms with Crippen molar-refractivity contribution in [2.24, 2.45) is 0 Å². The number of carboxylic acids is 1. The van der Waals surface area contributed by atoms with E-state index in [1.54, 1.807) is 0 Å². The van der Waals surface area contributed by atoms with Crippen LogP contribution in [-0.4, -0.2) is 40.0 Å². The van der Waals surface area contributed by atoms with Crippen molar-refractivity contribution in [1.29, 1.82) is 0 Å². The van der Waals surface area contributed by atoms with E-state index in [2.05, 4.69) is 4.98 Å². The van der Waals surface area contributed by atoms with Gasteiger partial charge in [0.05, 0.1) is 5.56 Å². The number of carbonyl (C=O) groups is 2. The van der Waals surface area contributed by atoms with Gasteiger partial charge in [-0.3, -0.25) is 9.59 Å². The maximum Gasteiger partial charge on any atom is 0.417 e. The van der Waals surface area contributed by atoms with Crippen LogP contribution >= 0.6 is 0 Å². The number of hydrogen-bond acceptors (Lipinski definition) is 4. The van der Waals surface area contributed by atoms with E-state index in [9.17, 15) is 22.8 Å². The first-order valence-corrected chi connectivity index (χ1v) is 8.03. The number of halogens is 3. The molecule has 1 amide bonds. The van der Waals surface area contributed by atoms with Crippen molar-refractivity contribution in [2.75, 3.05) is 13.1 Å². The molecule has 6 nitrogen and oxygen atoms in total. The van der Waals surface area contributed by atoms with Crippen LogP contribution in [0.1, 0.15) is 29.3 Å². The fourth-order valence-corrected chi connectivity index (χ4v) is 2.26. The molecule has 0 bridgehead atoms. The monoisotopic (exact) mass is 382 g/mol. The third-order valence-corrected chi connectivity index (χ3v) is 3.49. The molecule has 0 saturated heterocycles. The molecule has 0 unspecified atom stereocenters. The topological polar surface area (TPSA) is 79.7 Å². The van der Waals surface area contributed by atoms with Crippen molar-refractivity contribution in [3.8, 4) is 11.6 Å². The zero-order chi connectivity index (χ0) is 20.0. The standard InChI is InChI=1S/C18H17F3N2O4/c1-2-9-23(11-16(24)25)17(26)12-3-6-14(7-4-12)27-15-8-5-13(10-22-15)18(19,20)21/h3-8,10H,2,9,11H2,1H3,(H,24,25). The Morgan fingerprint density at radius 2 is 1.81 bits per heavy atom. The van der Waals surface area contributed by atoms with E-state index in [1.165, 1.54) is 29.2 Å². The summed E-state index contributed by atoms with van der Waals surface area (Å²) in [6, 6.07) is 7.76. The number of hydrogen-bond donors (Lipinski definition) is 1. The third kappa shape index (κ3) is 5.70. The summed E-state index contributed by atoms with van der Waals surface area (Å²) in [7, 11) is 0. The highest BCUT2D eigenvalue weighted by molar-refractivity contribution is 5.95. The lowest BCUT2D eigenvalue weighted by molar-refractivity contribution is -0.138. The number of aromatic nitrogens is 1. The molecule has 0 aliphatic heterocycles. The van der Waals surface area contributed by atoms with Crippen molar-refractivity contribution < 1.29 is 32.6 Å². The average Bonchev–Trinajstić information content (AvgIpc) is 2.61. The first-order chi connectivity index (χ1) is 12.7. The van der Waals surface area contributed by atoms with Crippen LogP contribution in [0.15, 0.2) is 42.6 Å². The number of nitrogens with zero attached hydrogens (tertiary/aromatic N) is 2. The molecular weight excluding hydrogens is 365 g/mol. The number of ether oxygens (including phenoxy) is 1. The molecule has 0 atom stereocenters. The highest BCUT2D eigenvalue weighted by atomic mass is 19.4. The molecule has 1 N–H and O–H groups in total. The van der Waals surface area contributed by atoms with Gasteiger partial charge in [-0.15, -0.1) is 0 Å². The molecule has 144 valence electrons. The van der Waals surface area contributed by atoms with Crippen molar-refractivity contribution in [3.63, 3.8) is 0 Å². The normalized spacial score (nSPS) is 11.1. The number of carbonyl (C=O) groups excluding carboxylic acids is 1. The molecule has 0 aliphatic carbocycles. The van der Waals surface area contributed by atoms with E-state index in [1.807, 2.05) is 6.92 Å². The second-order valence-electron chi connectivity index (χ2n) is 5.63. The molecule has 0 fully saturated rings. The van der Waals surface area contributed by atoms with E-state index in [4.69, 9.17) is 9.84 Å². The summed E-state index contributed by atoms with van der Waals surface area (Å²) in [4.78, 5) is 28.1. The van der Waals surface area contributed by atoms with Crippen LogP contribution in [0.25, 0.3) is 0 Å². The number of amides is 1. The molecule has 0 saturated carbocycles. The average molecular weight is 382 g/mol. The fourth-order valence-electron chi connectivity index (χ4n) is 2.26. The van der Waals surface area contributed by atoms with Gasteiger partial charge in [0.25, 0.3) is 5.91 Å². The Hall–Kier alpha value is -3.10. The van der Waals surface area contributed by atoms with E-state index >= 15 is 0 Å². The molecule has 27 heavy (non-hydrogen) atoms. The van der Waals surface area contributed by atoms with E-state index in [0.717, 1.165) is 12.1 Å². The Morgan fingerprint density at radius 1 is 1.15 bits per heavy atom. The Balaban J connectivity index is 2.08. The Morgan fingerprint density at radius 3 is 2.30 bits per heavy atom. The summed E-state index contributed by atoms with van der Waals surface area (Å²) in [5.41, 5.74) is -0.609. The first-order valence-electron chi connectivity index (χ1n) is 8.03. The second-order valence-corrected chi connectivity index (χ2v) is 5.63. The SMILES string of the molecule is CCCN(CC(=O)O)C(=O)c1ccc(Oc2ccc(C(F)(F)F)cn2)cc1. The molecule has 0 radical (unpaired) electrons. The van der Waals surface area contributed by atoms with Gasteiger partial charge in [-0.1, -0.05) is 6.92 Å². The summed E-state index contributed by atoms with van der Waals surface area (Å²) in [6.07, 6.45) is -3.20. The minimum Gasteiger partial charge on any atom is -0.480 e. The predicted octanol–water partition coefficient (Wildman–Crippen LogP) is 3.83. The molecule has 1 heterocycles. The van der Waals surface area contributed by atoms with Gasteiger partial charge < -0.3 is 14.7 Å². The molecule has 0 aliphatic rings. The van der Waals surface area contributed by atoms with Crippen LogP contribution in [0, 0.1) is 0 Å². The fraction of sp³-hybridized carbons (Fsp3) is 0.278. The first kappa shape index (κ1) is 20.2. The molecule has 1 aromatic carbocycles. The van der Waals surface area contributed by atoms with Gasteiger partial charge in [-0.25, -0.2) is 4.98 Å². The van der Waals surface area contributed by atoms with Gasteiger partial charge in [0.1, 0.15) is 12.3 Å². The summed E-state index contributed by atoms with van der Waals surface area (Å²) in [5, 5.41) is 8.89. The van der Waals surface area contributed by atoms with Gasteiger partial charge in [0.15, 0.2) is 0 Å². The van der Waals surface area contributed by atoms with Gasteiger partial charge in [-0.2, -0.15) is 13.2 Å². The zero-order valence-corrected chi connectivity index (χ0v) is 14.4. The Kier molecular flexibility index (Phi) is 6.38. The van der Waals surface area contributed by atoms with E-state index in [0.29, 0.717) is 19.2 Å². The van der Waals surface area contributed by atoms with Crippen LogP contribution in [0.3, 0.4) is 0 Å². The van der Waals surface area contributed by atoms with Crippen LogP contribution < -0.4 is 4.74 Å². The summed E-state index contributed by atoms with van der Waals surface area (Å²) < 4.78 is 42.9. The van der Waals surface area contributed by atoms with Gasteiger partial charge in [-0.05, 0) is 36.8 Å². The lowest BCUT2D eigenvalue weighted by atomic mass is 10.2. The number of benzene rings is 1. The van der Waals surface area contributed by atoms with Crippen LogP contribution in [0.5, 0.6) is 11.6 Å². The summed E-state index contributed by atoms with van der Waals surface area (Å²) in [5.74, 6) is -1.29. The lowest BCUT2D eigenvalue weighted by Gasteiger charge is -2.20. The smallest absolute Gasteiger partial charge is 0.417 e. The molecule has 2 aromatic rings. The maximum atomic E-state index is 12.5. The summed E-state index contributed by atoms with van der Waals surface area (Å²) in [6.45, 7) is 1.73. The Bertz CT molecular complexity index is 790. The van der Waals surface area contributed by atoms with Crippen LogP contribution in [0.2, 0.25) is 0 Å². The Labute approximate surface area is 153 Å². The maximum absolute atomic E-state index is 12.5. The molecule has 9 heteroatoms. The number of rotatable bonds is 7. The number of aliphatic carboxylic acids is 1. The van der Waals surface area contributed by atoms with Gasteiger partial charge in [0, 0.05) is 24.4 Å². The van der Waals surface area contributed by atoms with Gasteiger partial charge in [0.2, 0.25) is 5.88 Å². The molecular formula is C18H17F3N2O4. The van der Waals surface area contributed by atoms with Crippen molar-refractivity contribution in [2.45, 2.75) is 19.5 Å². The van der Waals surface area contributed by atoms with Gasteiger partial charge >= 0.3 is 12.1 Å². The van der Waals surface area contributed by atoms with E-state index in [-0.39, 0.29) is 17.2 Å². The summed E-state index contributed by atoms with van der Waals surface area (Å²) >= 11 is 0. The number of pyridine rings is 1. The number of carboxylic acid groups (broad SMARTS) is 1. The lowest BCUT2D eigenvalue weighted by Crippen LogP contribution is -2.36. The zero-order valence-electron chi connectivity index (χ0n) is 14.4.